The quantitative estimate of drug-likeness (QED) is 0.647. The Kier molecular flexibility index (Phi) is 4.40. The van der Waals surface area contributed by atoms with Crippen LogP contribution in [-0.4, -0.2) is 39.5 Å². The molecule has 0 atom stereocenters. The number of H-pyrrole nitrogens is 1. The molecule has 0 amide bonds. The Morgan fingerprint density at radius 3 is 2.87 bits per heavy atom. The maximum atomic E-state index is 11.6. The minimum Gasteiger partial charge on any atom is -0.449 e. The van der Waals surface area contributed by atoms with Crippen molar-refractivity contribution in [3.8, 4) is 11.5 Å². The fourth-order valence-electron chi connectivity index (χ4n) is 4.15. The van der Waals surface area contributed by atoms with E-state index >= 15 is 0 Å². The van der Waals surface area contributed by atoms with Crippen molar-refractivity contribution in [2.24, 2.45) is 0 Å². The fourth-order valence-corrected chi connectivity index (χ4v) is 4.15. The average Bonchev–Trinajstić information content (AvgIpc) is 3.25. The maximum Gasteiger partial charge on any atom is 0.246 e. The van der Waals surface area contributed by atoms with E-state index in [-0.39, 0.29) is 5.78 Å². The van der Waals surface area contributed by atoms with Gasteiger partial charge in [0.1, 0.15) is 5.82 Å². The molecule has 3 heterocycles. The standard InChI is InChI=1S/C24H25N3O3/c1-15(28)17-7-8-19-20(13-17)26-22(25-19)14-27-11-9-16(10-12-27)18-5-4-6-21-23(18)30-24(2,3)29-21/h4-9,13H,10-12,14H2,1-3H3,(H,25,26). The zero-order valence-electron chi connectivity index (χ0n) is 17.5. The minimum absolute atomic E-state index is 0.0620. The van der Waals surface area contributed by atoms with Crippen LogP contribution in [0.5, 0.6) is 11.5 Å². The minimum atomic E-state index is -0.622. The van der Waals surface area contributed by atoms with Crippen LogP contribution in [0.1, 0.15) is 48.9 Å². The first kappa shape index (κ1) is 18.9. The predicted molar refractivity (Wildman–Crippen MR) is 116 cm³/mol. The molecule has 1 aromatic heterocycles. The molecule has 6 nitrogen and oxygen atoms in total. The SMILES string of the molecule is CC(=O)c1ccc2nc(CN3CC=C(c4cccc5c4OC(C)(C)O5)CC3)[nH]c2c1. The van der Waals surface area contributed by atoms with Gasteiger partial charge in [-0.1, -0.05) is 18.2 Å². The highest BCUT2D eigenvalue weighted by Crippen LogP contribution is 2.45. The fraction of sp³-hybridized carbons (Fsp3) is 0.333. The number of fused-ring (bicyclic) bond motifs is 2. The summed E-state index contributed by atoms with van der Waals surface area (Å²) in [5.74, 6) is 2.02. The van der Waals surface area contributed by atoms with Crippen LogP contribution < -0.4 is 9.47 Å². The van der Waals surface area contributed by atoms with Gasteiger partial charge in [0.2, 0.25) is 5.79 Å². The van der Waals surface area contributed by atoms with E-state index in [4.69, 9.17) is 9.47 Å². The second kappa shape index (κ2) is 6.99. The van der Waals surface area contributed by atoms with E-state index in [1.807, 2.05) is 44.2 Å². The van der Waals surface area contributed by atoms with Crippen LogP contribution in [0, 0.1) is 0 Å². The van der Waals surface area contributed by atoms with Gasteiger partial charge in [0.15, 0.2) is 17.3 Å². The number of hydrogen-bond donors (Lipinski definition) is 1. The van der Waals surface area contributed by atoms with E-state index < -0.39 is 5.79 Å². The second-order valence-electron chi connectivity index (χ2n) is 8.42. The zero-order chi connectivity index (χ0) is 20.9. The Morgan fingerprint density at radius 1 is 1.23 bits per heavy atom. The largest absolute Gasteiger partial charge is 0.449 e. The van der Waals surface area contributed by atoms with E-state index in [0.29, 0.717) is 5.56 Å². The van der Waals surface area contributed by atoms with E-state index in [1.54, 1.807) is 6.92 Å². The van der Waals surface area contributed by atoms with Gasteiger partial charge in [-0.25, -0.2) is 4.98 Å². The molecule has 1 N–H and O–H groups in total. The molecule has 0 saturated carbocycles. The van der Waals surface area contributed by atoms with Crippen molar-refractivity contribution in [1.29, 1.82) is 0 Å². The number of hydrogen-bond acceptors (Lipinski definition) is 5. The number of rotatable bonds is 4. The Hall–Kier alpha value is -3.12. The third-order valence-electron chi connectivity index (χ3n) is 5.63. The van der Waals surface area contributed by atoms with E-state index in [1.165, 1.54) is 5.57 Å². The van der Waals surface area contributed by atoms with Gasteiger partial charge >= 0.3 is 0 Å². The third kappa shape index (κ3) is 3.48. The van der Waals surface area contributed by atoms with Gasteiger partial charge in [0.25, 0.3) is 0 Å². The van der Waals surface area contributed by atoms with E-state index in [9.17, 15) is 4.79 Å². The summed E-state index contributed by atoms with van der Waals surface area (Å²) in [7, 11) is 0. The number of carbonyl (C=O) groups excluding carboxylic acids is 1. The molecule has 0 radical (unpaired) electrons. The van der Waals surface area contributed by atoms with Gasteiger partial charge < -0.3 is 14.5 Å². The van der Waals surface area contributed by atoms with Crippen LogP contribution in [0.25, 0.3) is 16.6 Å². The molecule has 30 heavy (non-hydrogen) atoms. The number of ketones is 1. The Labute approximate surface area is 175 Å². The molecule has 2 aliphatic heterocycles. The van der Waals surface area contributed by atoms with Crippen molar-refractivity contribution in [3.63, 3.8) is 0 Å². The van der Waals surface area contributed by atoms with E-state index in [0.717, 1.165) is 60.0 Å². The summed E-state index contributed by atoms with van der Waals surface area (Å²) >= 11 is 0. The lowest BCUT2D eigenvalue weighted by molar-refractivity contribution is -0.0432. The normalized spacial score (nSPS) is 17.9. The molecule has 154 valence electrons. The molecule has 3 aromatic rings. The van der Waals surface area contributed by atoms with Gasteiger partial charge in [-0.05, 0) is 43.2 Å². The number of aromatic nitrogens is 2. The highest BCUT2D eigenvalue weighted by Gasteiger charge is 2.34. The summed E-state index contributed by atoms with van der Waals surface area (Å²) in [6, 6.07) is 11.7. The van der Waals surface area contributed by atoms with Crippen LogP contribution in [0.4, 0.5) is 0 Å². The molecular weight excluding hydrogens is 378 g/mol. The molecule has 6 heteroatoms. The molecule has 0 fully saturated rings. The number of ether oxygens (including phenoxy) is 2. The van der Waals surface area contributed by atoms with Gasteiger partial charge in [-0.2, -0.15) is 0 Å². The van der Waals surface area contributed by atoms with Crippen LogP contribution in [0.15, 0.2) is 42.5 Å². The predicted octanol–water partition coefficient (Wildman–Crippen LogP) is 4.56. The number of nitrogens with one attached hydrogen (secondary N) is 1. The number of Topliss-reactive ketones (excluding diaryl/α,β-unsaturated/α-hetero) is 1. The van der Waals surface area contributed by atoms with Crippen LogP contribution in [0.3, 0.4) is 0 Å². The van der Waals surface area contributed by atoms with Gasteiger partial charge in [-0.3, -0.25) is 9.69 Å². The van der Waals surface area contributed by atoms with Gasteiger partial charge in [0, 0.05) is 38.1 Å². The third-order valence-corrected chi connectivity index (χ3v) is 5.63. The van der Waals surface area contributed by atoms with E-state index in [2.05, 4.69) is 27.0 Å². The molecular formula is C24H25N3O3. The van der Waals surface area contributed by atoms with Crippen LogP contribution in [0.2, 0.25) is 0 Å². The number of imidazole rings is 1. The molecule has 2 aromatic carbocycles. The number of aromatic amines is 1. The first-order chi connectivity index (χ1) is 14.4. The first-order valence-corrected chi connectivity index (χ1v) is 10.3. The lowest BCUT2D eigenvalue weighted by Gasteiger charge is -2.26. The molecule has 5 rings (SSSR count). The Bertz CT molecular complexity index is 1180. The number of benzene rings is 2. The van der Waals surface area contributed by atoms with Crippen molar-refractivity contribution >= 4 is 22.4 Å². The van der Waals surface area contributed by atoms with Gasteiger partial charge in [0.05, 0.1) is 17.6 Å². The van der Waals surface area contributed by atoms with Crippen LogP contribution in [-0.2, 0) is 6.54 Å². The highest BCUT2D eigenvalue weighted by molar-refractivity contribution is 5.97. The summed E-state index contributed by atoms with van der Waals surface area (Å²) in [6.07, 6.45) is 3.21. The lowest BCUT2D eigenvalue weighted by Crippen LogP contribution is -2.30. The summed E-state index contributed by atoms with van der Waals surface area (Å²) in [6.45, 7) is 7.97. The summed E-state index contributed by atoms with van der Waals surface area (Å²) in [5, 5.41) is 0. The molecule has 0 aliphatic carbocycles. The first-order valence-electron chi connectivity index (χ1n) is 10.3. The summed E-state index contributed by atoms with van der Waals surface area (Å²) < 4.78 is 11.9. The summed E-state index contributed by atoms with van der Waals surface area (Å²) in [4.78, 5) is 22.0. The second-order valence-corrected chi connectivity index (χ2v) is 8.42. The Balaban J connectivity index is 1.31. The van der Waals surface area contributed by atoms with Crippen molar-refractivity contribution in [1.82, 2.24) is 14.9 Å². The molecule has 0 unspecified atom stereocenters. The van der Waals surface area contributed by atoms with Crippen molar-refractivity contribution < 1.29 is 14.3 Å². The highest BCUT2D eigenvalue weighted by atomic mass is 16.7. The molecule has 0 spiro atoms. The summed E-state index contributed by atoms with van der Waals surface area (Å²) in [5.41, 5.74) is 4.92. The van der Waals surface area contributed by atoms with Crippen LogP contribution >= 0.6 is 0 Å². The average molecular weight is 403 g/mol. The number of para-hydroxylation sites is 1. The zero-order valence-corrected chi connectivity index (χ0v) is 17.5. The molecule has 0 bridgehead atoms. The maximum absolute atomic E-state index is 11.6. The number of carbonyl (C=O) groups is 1. The van der Waals surface area contributed by atoms with Crippen molar-refractivity contribution in [2.45, 2.75) is 39.5 Å². The monoisotopic (exact) mass is 403 g/mol. The van der Waals surface area contributed by atoms with Crippen molar-refractivity contribution in [2.75, 3.05) is 13.1 Å². The number of nitrogens with zero attached hydrogens (tertiary/aromatic N) is 2. The molecule has 0 saturated heterocycles. The van der Waals surface area contributed by atoms with Gasteiger partial charge in [-0.15, -0.1) is 0 Å². The molecule has 2 aliphatic rings. The smallest absolute Gasteiger partial charge is 0.246 e. The lowest BCUT2D eigenvalue weighted by atomic mass is 9.98. The Morgan fingerprint density at radius 2 is 2.10 bits per heavy atom. The van der Waals surface area contributed by atoms with Crippen molar-refractivity contribution in [3.05, 3.63) is 59.4 Å². The topological polar surface area (TPSA) is 67.5 Å².